The second-order valence-corrected chi connectivity index (χ2v) is 13.8. The van der Waals surface area contributed by atoms with E-state index in [1.165, 1.54) is 24.0 Å². The molecule has 0 atom stereocenters. The second-order valence-electron chi connectivity index (χ2n) is 10.4. The van der Waals surface area contributed by atoms with Gasteiger partial charge >= 0.3 is 6.09 Å². The molecule has 1 amide bonds. The summed E-state index contributed by atoms with van der Waals surface area (Å²) in [4.78, 5) is 33.8. The molecule has 0 saturated carbocycles. The SMILES string of the molecule is CS(=O)(=O)c1cncc(-c2cc(Cl)c(Sc3ncccc3C=O)c(CNC(=O)OCC3c4ccccc4-c4ccccc43)c2)c1. The van der Waals surface area contributed by atoms with Crippen LogP contribution in [0.4, 0.5) is 4.79 Å². The third-order valence-electron chi connectivity index (χ3n) is 7.49. The van der Waals surface area contributed by atoms with Crippen molar-refractivity contribution in [2.24, 2.45) is 0 Å². The number of sulfone groups is 1. The molecule has 1 N–H and O–H groups in total. The first-order valence-electron chi connectivity index (χ1n) is 13.9. The van der Waals surface area contributed by atoms with E-state index in [1.54, 1.807) is 36.7 Å². The number of nitrogens with zero attached hydrogens (tertiary/aromatic N) is 2. The zero-order valence-corrected chi connectivity index (χ0v) is 26.3. The molecule has 0 aliphatic heterocycles. The highest BCUT2D eigenvalue weighted by Crippen LogP contribution is 2.44. The van der Waals surface area contributed by atoms with E-state index in [0.29, 0.717) is 43.5 Å². The van der Waals surface area contributed by atoms with Crippen molar-refractivity contribution in [2.45, 2.75) is 27.3 Å². The number of pyridine rings is 2. The minimum Gasteiger partial charge on any atom is -0.449 e. The van der Waals surface area contributed by atoms with Gasteiger partial charge in [-0.25, -0.2) is 18.2 Å². The van der Waals surface area contributed by atoms with Crippen LogP contribution in [-0.4, -0.2) is 43.6 Å². The summed E-state index contributed by atoms with van der Waals surface area (Å²) in [5.74, 6) is -0.0902. The molecule has 2 heterocycles. The van der Waals surface area contributed by atoms with Crippen molar-refractivity contribution in [3.8, 4) is 22.3 Å². The van der Waals surface area contributed by atoms with Crippen molar-refractivity contribution in [1.82, 2.24) is 15.3 Å². The molecule has 3 aromatic carbocycles. The highest BCUT2D eigenvalue weighted by molar-refractivity contribution is 7.99. The van der Waals surface area contributed by atoms with Gasteiger partial charge in [-0.2, -0.15) is 0 Å². The molecule has 11 heteroatoms. The average molecular weight is 656 g/mol. The fourth-order valence-electron chi connectivity index (χ4n) is 5.33. The normalized spacial score (nSPS) is 12.3. The zero-order chi connectivity index (χ0) is 31.6. The molecule has 1 aliphatic rings. The topological polar surface area (TPSA) is 115 Å². The first-order chi connectivity index (χ1) is 21.7. The van der Waals surface area contributed by atoms with Crippen LogP contribution >= 0.6 is 23.4 Å². The van der Waals surface area contributed by atoms with E-state index in [1.807, 2.05) is 24.3 Å². The second kappa shape index (κ2) is 12.8. The molecular formula is C34H26ClN3O5S2. The van der Waals surface area contributed by atoms with Crippen molar-refractivity contribution in [2.75, 3.05) is 12.9 Å². The molecule has 0 saturated heterocycles. The molecule has 0 unspecified atom stereocenters. The lowest BCUT2D eigenvalue weighted by Gasteiger charge is -2.17. The summed E-state index contributed by atoms with van der Waals surface area (Å²) in [5, 5.41) is 3.61. The van der Waals surface area contributed by atoms with Crippen LogP contribution in [0.2, 0.25) is 5.02 Å². The fourth-order valence-corrected chi connectivity index (χ4v) is 7.24. The number of amides is 1. The molecule has 226 valence electrons. The number of fused-ring (bicyclic) bond motifs is 3. The Morgan fingerprint density at radius 3 is 2.38 bits per heavy atom. The van der Waals surface area contributed by atoms with Gasteiger partial charge in [0.1, 0.15) is 11.6 Å². The van der Waals surface area contributed by atoms with Crippen molar-refractivity contribution >= 4 is 45.6 Å². The minimum atomic E-state index is -3.50. The molecule has 8 nitrogen and oxygen atoms in total. The fraction of sp³-hybridized carbons (Fsp3) is 0.118. The predicted molar refractivity (Wildman–Crippen MR) is 173 cm³/mol. The molecule has 0 bridgehead atoms. The number of alkyl carbamates (subject to hydrolysis) is 1. The number of halogens is 1. The number of hydrogen-bond acceptors (Lipinski definition) is 8. The third kappa shape index (κ3) is 6.49. The number of carbonyl (C=O) groups is 2. The number of aromatic nitrogens is 2. The van der Waals surface area contributed by atoms with Crippen LogP contribution in [0, 0.1) is 0 Å². The summed E-state index contributed by atoms with van der Waals surface area (Å²) >= 11 is 7.99. The number of aldehydes is 1. The van der Waals surface area contributed by atoms with Crippen molar-refractivity contribution in [3.63, 3.8) is 0 Å². The lowest BCUT2D eigenvalue weighted by Crippen LogP contribution is -2.26. The maximum absolute atomic E-state index is 13.1. The summed E-state index contributed by atoms with van der Waals surface area (Å²) in [5.41, 5.74) is 6.62. The van der Waals surface area contributed by atoms with E-state index in [0.717, 1.165) is 28.5 Å². The highest BCUT2D eigenvalue weighted by Gasteiger charge is 2.29. The average Bonchev–Trinajstić information content (AvgIpc) is 3.37. The summed E-state index contributed by atoms with van der Waals surface area (Å²) in [6.07, 6.45) is 5.62. The van der Waals surface area contributed by atoms with Gasteiger partial charge in [0, 0.05) is 53.3 Å². The predicted octanol–water partition coefficient (Wildman–Crippen LogP) is 7.20. The van der Waals surface area contributed by atoms with Gasteiger partial charge in [0.05, 0.1) is 9.92 Å². The third-order valence-corrected chi connectivity index (χ3v) is 10.2. The number of rotatable bonds is 9. The Morgan fingerprint density at radius 1 is 0.978 bits per heavy atom. The Morgan fingerprint density at radius 2 is 1.69 bits per heavy atom. The molecule has 6 rings (SSSR count). The molecule has 1 aliphatic carbocycles. The van der Waals surface area contributed by atoms with E-state index in [-0.39, 0.29) is 24.0 Å². The van der Waals surface area contributed by atoms with Gasteiger partial charge in [0.25, 0.3) is 0 Å². The van der Waals surface area contributed by atoms with Gasteiger partial charge in [0.15, 0.2) is 16.1 Å². The Bertz CT molecular complexity index is 2010. The number of nitrogens with one attached hydrogen (secondary N) is 1. The number of ether oxygens (including phenoxy) is 1. The van der Waals surface area contributed by atoms with E-state index in [9.17, 15) is 18.0 Å². The van der Waals surface area contributed by atoms with Gasteiger partial charge in [0.2, 0.25) is 0 Å². The molecule has 0 radical (unpaired) electrons. The molecule has 5 aromatic rings. The van der Waals surface area contributed by atoms with Crippen LogP contribution in [0.15, 0.2) is 112 Å². The molecular weight excluding hydrogens is 630 g/mol. The highest BCUT2D eigenvalue weighted by atomic mass is 35.5. The lowest BCUT2D eigenvalue weighted by atomic mass is 9.98. The van der Waals surface area contributed by atoms with E-state index < -0.39 is 15.9 Å². The summed E-state index contributed by atoms with van der Waals surface area (Å²) in [6, 6.07) is 24.5. The first kappa shape index (κ1) is 30.5. The summed E-state index contributed by atoms with van der Waals surface area (Å²) in [7, 11) is -3.50. The van der Waals surface area contributed by atoms with Gasteiger partial charge in [-0.1, -0.05) is 71.9 Å². The van der Waals surface area contributed by atoms with Gasteiger partial charge in [-0.15, -0.1) is 0 Å². The Kier molecular flexibility index (Phi) is 8.71. The molecule has 2 aromatic heterocycles. The van der Waals surface area contributed by atoms with Crippen LogP contribution in [-0.2, 0) is 21.1 Å². The van der Waals surface area contributed by atoms with Crippen LogP contribution < -0.4 is 5.32 Å². The maximum atomic E-state index is 13.1. The zero-order valence-electron chi connectivity index (χ0n) is 23.9. The van der Waals surface area contributed by atoms with Gasteiger partial charge in [-0.3, -0.25) is 9.78 Å². The molecule has 0 fully saturated rings. The number of benzene rings is 3. The molecule has 45 heavy (non-hydrogen) atoms. The quantitative estimate of drug-likeness (QED) is 0.166. The van der Waals surface area contributed by atoms with Crippen LogP contribution in [0.1, 0.15) is 33.0 Å². The Hall–Kier alpha value is -4.51. The lowest BCUT2D eigenvalue weighted by molar-refractivity contribution is 0.112. The number of carbonyl (C=O) groups excluding carboxylic acids is 2. The largest absolute Gasteiger partial charge is 0.449 e. The monoisotopic (exact) mass is 655 g/mol. The van der Waals surface area contributed by atoms with E-state index in [4.69, 9.17) is 16.3 Å². The van der Waals surface area contributed by atoms with E-state index >= 15 is 0 Å². The standard InChI is InChI=1S/C34H26ClN3O5S2/c1-45(41,42)25-14-23(16-36-18-25)22-13-24(32(31(35)15-22)44-33-21(19-39)7-6-12-37-33)17-38-34(40)43-20-30-28-10-4-2-8-26(28)27-9-3-5-11-29(27)30/h2-16,18-19,30H,17,20H2,1H3,(H,38,40). The first-order valence-corrected chi connectivity index (χ1v) is 17.0. The van der Waals surface area contributed by atoms with Gasteiger partial charge < -0.3 is 10.1 Å². The van der Waals surface area contributed by atoms with Gasteiger partial charge in [-0.05, 0) is 63.7 Å². The Labute approximate surface area is 269 Å². The van der Waals surface area contributed by atoms with E-state index in [2.05, 4.69) is 39.6 Å². The molecule has 0 spiro atoms. The van der Waals surface area contributed by atoms with Crippen LogP contribution in [0.5, 0.6) is 0 Å². The Balaban J connectivity index is 1.27. The maximum Gasteiger partial charge on any atom is 0.407 e. The van der Waals surface area contributed by atoms with Crippen LogP contribution in [0.25, 0.3) is 22.3 Å². The van der Waals surface area contributed by atoms with Crippen molar-refractivity contribution in [1.29, 1.82) is 0 Å². The number of hydrogen-bond donors (Lipinski definition) is 1. The smallest absolute Gasteiger partial charge is 0.407 e. The van der Waals surface area contributed by atoms with Crippen LogP contribution in [0.3, 0.4) is 0 Å². The minimum absolute atomic E-state index is 0.0367. The summed E-state index contributed by atoms with van der Waals surface area (Å²) in [6.45, 7) is 0.192. The van der Waals surface area contributed by atoms with Crippen molar-refractivity contribution < 1.29 is 22.7 Å². The summed E-state index contributed by atoms with van der Waals surface area (Å²) < 4.78 is 30.1. The van der Waals surface area contributed by atoms with Crippen molar-refractivity contribution in [3.05, 3.63) is 125 Å².